The van der Waals surface area contributed by atoms with Crippen molar-refractivity contribution < 1.29 is 14.2 Å². The minimum atomic E-state index is -0.949. The molecule has 1 aromatic carbocycles. The van der Waals surface area contributed by atoms with Gasteiger partial charge in [-0.1, -0.05) is 0 Å². The van der Waals surface area contributed by atoms with E-state index in [1.807, 2.05) is 13.8 Å². The van der Waals surface area contributed by atoms with Gasteiger partial charge in [-0.3, -0.25) is 0 Å². The zero-order valence-corrected chi connectivity index (χ0v) is 10.2. The summed E-state index contributed by atoms with van der Waals surface area (Å²) in [6, 6.07) is 3.26. The molecule has 0 fully saturated rings. The van der Waals surface area contributed by atoms with Crippen molar-refractivity contribution in [2.75, 3.05) is 6.54 Å². The molecule has 4 heteroatoms. The molecular formula is C13H18FNO2. The van der Waals surface area contributed by atoms with Crippen LogP contribution in [0.4, 0.5) is 4.39 Å². The second kappa shape index (κ2) is 4.27. The first-order chi connectivity index (χ1) is 7.94. The Kier molecular flexibility index (Phi) is 3.10. The van der Waals surface area contributed by atoms with Crippen molar-refractivity contribution in [3.63, 3.8) is 0 Å². The van der Waals surface area contributed by atoms with E-state index in [-0.39, 0.29) is 23.5 Å². The van der Waals surface area contributed by atoms with Gasteiger partial charge in [0.2, 0.25) is 0 Å². The summed E-state index contributed by atoms with van der Waals surface area (Å²) in [4.78, 5) is 0. The predicted octanol–water partition coefficient (Wildman–Crippen LogP) is 1.92. The summed E-state index contributed by atoms with van der Waals surface area (Å²) < 4.78 is 19.9. The number of nitrogens with two attached hydrogens (primary N) is 1. The van der Waals surface area contributed by atoms with E-state index in [1.165, 1.54) is 0 Å². The Morgan fingerprint density at radius 2 is 2.24 bits per heavy atom. The fourth-order valence-corrected chi connectivity index (χ4v) is 2.11. The lowest BCUT2D eigenvalue weighted by atomic mass is 9.92. The van der Waals surface area contributed by atoms with E-state index in [1.54, 1.807) is 12.1 Å². The second-order valence-corrected chi connectivity index (χ2v) is 5.06. The lowest BCUT2D eigenvalue weighted by Crippen LogP contribution is -2.33. The summed E-state index contributed by atoms with van der Waals surface area (Å²) in [5.41, 5.74) is 5.90. The molecule has 17 heavy (non-hydrogen) atoms. The number of ether oxygens (including phenoxy) is 1. The maximum absolute atomic E-state index is 14.1. The number of benzene rings is 1. The van der Waals surface area contributed by atoms with Crippen molar-refractivity contribution in [2.24, 2.45) is 5.73 Å². The van der Waals surface area contributed by atoms with E-state index in [0.29, 0.717) is 17.7 Å². The number of hydrogen-bond acceptors (Lipinski definition) is 3. The number of aliphatic hydroxyl groups excluding tert-OH is 1. The van der Waals surface area contributed by atoms with Crippen LogP contribution < -0.4 is 10.5 Å². The minimum Gasteiger partial charge on any atom is -0.487 e. The van der Waals surface area contributed by atoms with Crippen LogP contribution in [-0.4, -0.2) is 17.3 Å². The van der Waals surface area contributed by atoms with Gasteiger partial charge in [-0.25, -0.2) is 4.39 Å². The maximum atomic E-state index is 14.1. The van der Waals surface area contributed by atoms with Crippen LogP contribution in [0.2, 0.25) is 0 Å². The highest BCUT2D eigenvalue weighted by Crippen LogP contribution is 2.36. The minimum absolute atomic E-state index is 0.0159. The van der Waals surface area contributed by atoms with Crippen molar-refractivity contribution in [3.05, 3.63) is 29.1 Å². The molecule has 0 amide bonds. The van der Waals surface area contributed by atoms with Gasteiger partial charge in [0.05, 0.1) is 6.10 Å². The molecule has 1 unspecified atom stereocenters. The summed E-state index contributed by atoms with van der Waals surface area (Å²) in [7, 11) is 0. The highest BCUT2D eigenvalue weighted by Gasteiger charge is 2.29. The molecule has 1 aliphatic heterocycles. The van der Waals surface area contributed by atoms with Crippen LogP contribution in [-0.2, 0) is 6.42 Å². The van der Waals surface area contributed by atoms with Crippen molar-refractivity contribution in [1.29, 1.82) is 0 Å². The Morgan fingerprint density at radius 1 is 1.53 bits per heavy atom. The normalized spacial score (nSPS) is 19.4. The van der Waals surface area contributed by atoms with Crippen molar-refractivity contribution in [2.45, 2.75) is 38.4 Å². The molecule has 0 aliphatic carbocycles. The van der Waals surface area contributed by atoms with Gasteiger partial charge in [0.25, 0.3) is 0 Å². The van der Waals surface area contributed by atoms with Crippen molar-refractivity contribution in [3.8, 4) is 5.75 Å². The molecule has 1 aliphatic rings. The van der Waals surface area contributed by atoms with Crippen LogP contribution in [0.3, 0.4) is 0 Å². The molecule has 0 radical (unpaired) electrons. The zero-order valence-electron chi connectivity index (χ0n) is 10.2. The predicted molar refractivity (Wildman–Crippen MR) is 63.4 cm³/mol. The molecule has 1 heterocycles. The molecular weight excluding hydrogens is 221 g/mol. The van der Waals surface area contributed by atoms with Gasteiger partial charge in [0, 0.05) is 17.7 Å². The topological polar surface area (TPSA) is 55.5 Å². The van der Waals surface area contributed by atoms with E-state index < -0.39 is 6.10 Å². The summed E-state index contributed by atoms with van der Waals surface area (Å²) in [6.07, 6.45) is 0.438. The van der Waals surface area contributed by atoms with Crippen LogP contribution in [0.15, 0.2) is 12.1 Å². The Bertz CT molecular complexity index is 432. The van der Waals surface area contributed by atoms with Gasteiger partial charge in [0.15, 0.2) is 0 Å². The SMILES string of the molecule is CC1(C)CCc2c(ccc(C(O)CN)c2F)O1. The number of rotatable bonds is 2. The third-order valence-electron chi connectivity index (χ3n) is 3.18. The Morgan fingerprint density at radius 3 is 2.88 bits per heavy atom. The van der Waals surface area contributed by atoms with Gasteiger partial charge >= 0.3 is 0 Å². The molecule has 0 saturated carbocycles. The molecule has 1 atom stereocenters. The average Bonchev–Trinajstić information content (AvgIpc) is 2.27. The second-order valence-electron chi connectivity index (χ2n) is 5.06. The largest absolute Gasteiger partial charge is 0.487 e. The van der Waals surface area contributed by atoms with E-state index in [0.717, 1.165) is 6.42 Å². The Balaban J connectivity index is 2.41. The van der Waals surface area contributed by atoms with Gasteiger partial charge in [-0.15, -0.1) is 0 Å². The van der Waals surface area contributed by atoms with Crippen LogP contribution in [0.5, 0.6) is 5.75 Å². The fourth-order valence-electron chi connectivity index (χ4n) is 2.11. The number of aliphatic hydroxyl groups is 1. The number of hydrogen-bond donors (Lipinski definition) is 2. The Hall–Kier alpha value is -1.13. The molecule has 3 nitrogen and oxygen atoms in total. The van der Waals surface area contributed by atoms with Gasteiger partial charge in [0.1, 0.15) is 17.2 Å². The van der Waals surface area contributed by atoms with Crippen LogP contribution in [0, 0.1) is 5.82 Å². The van der Waals surface area contributed by atoms with E-state index in [9.17, 15) is 9.50 Å². The smallest absolute Gasteiger partial charge is 0.135 e. The van der Waals surface area contributed by atoms with Gasteiger partial charge in [-0.05, 0) is 38.8 Å². The van der Waals surface area contributed by atoms with E-state index in [2.05, 4.69) is 0 Å². The maximum Gasteiger partial charge on any atom is 0.135 e. The summed E-state index contributed by atoms with van der Waals surface area (Å²) >= 11 is 0. The molecule has 94 valence electrons. The first-order valence-corrected chi connectivity index (χ1v) is 5.83. The van der Waals surface area contributed by atoms with Crippen LogP contribution >= 0.6 is 0 Å². The molecule has 2 rings (SSSR count). The van der Waals surface area contributed by atoms with E-state index >= 15 is 0 Å². The standard InChI is InChI=1S/C13H18FNO2/c1-13(2)6-5-9-11(17-13)4-3-8(12(9)14)10(16)7-15/h3-4,10,16H,5-7,15H2,1-2H3. The van der Waals surface area contributed by atoms with Crippen LogP contribution in [0.1, 0.15) is 37.5 Å². The molecule has 0 saturated heterocycles. The summed E-state index contributed by atoms with van der Waals surface area (Å²) in [5, 5.41) is 9.61. The van der Waals surface area contributed by atoms with Crippen molar-refractivity contribution in [1.82, 2.24) is 0 Å². The van der Waals surface area contributed by atoms with Gasteiger partial charge < -0.3 is 15.6 Å². The molecule has 3 N–H and O–H groups in total. The van der Waals surface area contributed by atoms with Crippen molar-refractivity contribution >= 4 is 0 Å². The zero-order chi connectivity index (χ0) is 12.6. The molecule has 0 aromatic heterocycles. The molecule has 1 aromatic rings. The Labute approximate surface area is 100 Å². The first kappa shape index (κ1) is 12.3. The lowest BCUT2D eigenvalue weighted by molar-refractivity contribution is 0.0827. The highest BCUT2D eigenvalue weighted by molar-refractivity contribution is 5.41. The summed E-state index contributed by atoms with van der Waals surface area (Å²) in [6.45, 7) is 3.98. The first-order valence-electron chi connectivity index (χ1n) is 5.83. The third-order valence-corrected chi connectivity index (χ3v) is 3.18. The van der Waals surface area contributed by atoms with Gasteiger partial charge in [-0.2, -0.15) is 0 Å². The highest BCUT2D eigenvalue weighted by atomic mass is 19.1. The number of halogens is 1. The monoisotopic (exact) mass is 239 g/mol. The summed E-state index contributed by atoms with van der Waals surface area (Å²) in [5.74, 6) is 0.197. The third kappa shape index (κ3) is 2.28. The lowest BCUT2D eigenvalue weighted by Gasteiger charge is -2.33. The molecule has 0 spiro atoms. The van der Waals surface area contributed by atoms with E-state index in [4.69, 9.17) is 10.5 Å². The quantitative estimate of drug-likeness (QED) is 0.829. The van der Waals surface area contributed by atoms with Crippen LogP contribution in [0.25, 0.3) is 0 Å². The number of fused-ring (bicyclic) bond motifs is 1. The molecule has 0 bridgehead atoms. The fraction of sp³-hybridized carbons (Fsp3) is 0.538. The average molecular weight is 239 g/mol.